The summed E-state index contributed by atoms with van der Waals surface area (Å²) in [6.07, 6.45) is -3.95. The van der Waals surface area contributed by atoms with Crippen LogP contribution in [0.4, 0.5) is 9.59 Å². The lowest BCUT2D eigenvalue weighted by atomic mass is 9.84. The molecule has 1 fully saturated rings. The van der Waals surface area contributed by atoms with Crippen LogP contribution < -0.4 is 52.6 Å². The Hall–Kier alpha value is -10.3. The molecule has 27 nitrogen and oxygen atoms in total. The number of aliphatic hydroxyl groups excluding tert-OH is 2. The number of aliphatic carboxylic acids is 1. The molecule has 2 heterocycles. The van der Waals surface area contributed by atoms with Gasteiger partial charge in [0.1, 0.15) is 65.0 Å². The number of carbonyl (C=O) groups excluding carboxylic acids is 9. The molecule has 7 aromatic rings. The van der Waals surface area contributed by atoms with Crippen LogP contribution in [0.2, 0.25) is 0 Å². The van der Waals surface area contributed by atoms with Gasteiger partial charge in [-0.25, -0.2) is 14.4 Å². The molecule has 0 radical (unpaired) electrons. The van der Waals surface area contributed by atoms with E-state index in [2.05, 4.69) is 89.2 Å². The van der Waals surface area contributed by atoms with Crippen molar-refractivity contribution >= 4 is 104 Å². The van der Waals surface area contributed by atoms with Crippen molar-refractivity contribution in [3.8, 4) is 11.5 Å². The smallest absolute Gasteiger partial charge is 0.408 e. The minimum absolute atomic E-state index is 0.0597. The molecular formula is C80H98N10O17S3. The van der Waals surface area contributed by atoms with Gasteiger partial charge in [-0.2, -0.15) is 0 Å². The monoisotopic (exact) mass is 1570 g/mol. The molecule has 0 saturated carbocycles. The number of benzene rings is 6. The highest BCUT2D eigenvalue weighted by atomic mass is 33.1. The number of fused-ring (bicyclic) bond motifs is 1. The molecule has 14 N–H and O–H groups in total. The van der Waals surface area contributed by atoms with E-state index in [4.69, 9.17) is 14.2 Å². The van der Waals surface area contributed by atoms with Crippen molar-refractivity contribution in [3.05, 3.63) is 203 Å². The summed E-state index contributed by atoms with van der Waals surface area (Å²) in [5.41, 5.74) is 3.56. The molecule has 0 bridgehead atoms. The molecule has 0 aliphatic carbocycles. The Labute approximate surface area is 651 Å². The highest BCUT2D eigenvalue weighted by molar-refractivity contribution is 8.76. The molecule has 6 aromatic carbocycles. The third-order valence-electron chi connectivity index (χ3n) is 17.5. The fraction of sp³-hybridized carbons (Fsp3) is 0.400. The zero-order valence-electron chi connectivity index (χ0n) is 62.5. The fourth-order valence-electron chi connectivity index (χ4n) is 12.0. The number of amides is 9. The summed E-state index contributed by atoms with van der Waals surface area (Å²) in [6, 6.07) is 37.2. The Morgan fingerprint density at radius 1 is 0.591 bits per heavy atom. The lowest BCUT2D eigenvalue weighted by Crippen LogP contribution is -2.62. The van der Waals surface area contributed by atoms with E-state index in [0.717, 1.165) is 45.2 Å². The number of aromatic nitrogens is 1. The number of aromatic amines is 1. The number of hydrogen-bond donors (Lipinski definition) is 14. The minimum atomic E-state index is -1.90. The maximum Gasteiger partial charge on any atom is 0.408 e. The van der Waals surface area contributed by atoms with E-state index in [1.54, 1.807) is 108 Å². The average Bonchev–Trinajstić information content (AvgIpc) is 0.929. The van der Waals surface area contributed by atoms with Gasteiger partial charge in [-0.3, -0.25) is 33.6 Å². The number of carboxylic acid groups (broad SMARTS) is 1. The van der Waals surface area contributed by atoms with Crippen LogP contribution in [-0.4, -0.2) is 187 Å². The van der Waals surface area contributed by atoms with Crippen LogP contribution in [0.5, 0.6) is 11.5 Å². The average molecular weight is 1570 g/mol. The normalized spacial score (nSPS) is 19.1. The summed E-state index contributed by atoms with van der Waals surface area (Å²) in [5.74, 6) is -8.63. The first-order valence-corrected chi connectivity index (χ1v) is 39.6. The Kier molecular flexibility index (Phi) is 31.4. The molecule has 0 unspecified atom stereocenters. The van der Waals surface area contributed by atoms with Gasteiger partial charge in [0.15, 0.2) is 6.04 Å². The van der Waals surface area contributed by atoms with Crippen molar-refractivity contribution in [1.29, 1.82) is 0 Å². The minimum Gasteiger partial charge on any atom is -0.508 e. The van der Waals surface area contributed by atoms with E-state index in [1.807, 2.05) is 54.6 Å². The van der Waals surface area contributed by atoms with Crippen LogP contribution >= 0.6 is 33.3 Å². The number of carboxylic acids is 1. The molecule has 9 amide bonds. The zero-order valence-corrected chi connectivity index (χ0v) is 65.0. The Bertz CT molecular complexity index is 4140. The number of para-hydroxylation sites is 1. The van der Waals surface area contributed by atoms with E-state index < -0.39 is 148 Å². The summed E-state index contributed by atoms with van der Waals surface area (Å²) < 4.78 is 16.8. The van der Waals surface area contributed by atoms with Gasteiger partial charge in [-0.1, -0.05) is 155 Å². The molecule has 1 aliphatic heterocycles. The molecule has 588 valence electrons. The summed E-state index contributed by atoms with van der Waals surface area (Å²) in [7, 11) is 1.72. The molecule has 0 spiro atoms. The van der Waals surface area contributed by atoms with Crippen molar-refractivity contribution in [1.82, 2.24) is 52.8 Å². The predicted molar refractivity (Wildman–Crippen MR) is 422 cm³/mol. The van der Waals surface area contributed by atoms with E-state index in [9.17, 15) is 49.2 Å². The molecule has 1 aromatic heterocycles. The molecule has 1 aliphatic rings. The molecule has 1 saturated heterocycles. The first-order chi connectivity index (χ1) is 52.4. The SMILES string of the molecule is C[C@@H](O)[C@H](NC(=O)[C@@H]1CSSC[C@H](NC(=O)[C@@H](Cc2ccc(OCCSC(c3ccccc3)(c3ccccc3)c3ccccc3)cc2)NC(=O)OC(C)(C)C)C(=O)N[C@@H](Cc2ccc(O)cc2)C(=O)N[C@H](Cc2c[nH]c3ccccc23)C(=O)N[C@@H](CCCCNC(=O)OC(C)(C)C)C(=O)N[C@@H]([C@@H](C)O)C(=O)N1)C(=O)O. The van der Waals surface area contributed by atoms with Gasteiger partial charge in [0, 0.05) is 60.2 Å². The summed E-state index contributed by atoms with van der Waals surface area (Å²) in [6.45, 7) is 12.6. The number of ether oxygens (including phenoxy) is 3. The van der Waals surface area contributed by atoms with Crippen molar-refractivity contribution in [3.63, 3.8) is 0 Å². The second kappa shape index (κ2) is 40.4. The van der Waals surface area contributed by atoms with Crippen LogP contribution in [0.15, 0.2) is 170 Å². The molecule has 8 rings (SSSR count). The van der Waals surface area contributed by atoms with E-state index >= 15 is 19.2 Å². The topological polar surface area (TPSA) is 403 Å². The maximum absolute atomic E-state index is 15.4. The maximum atomic E-state index is 15.4. The molecule has 30 heteroatoms. The van der Waals surface area contributed by atoms with Crippen LogP contribution in [0, 0.1) is 0 Å². The number of rotatable bonds is 27. The van der Waals surface area contributed by atoms with Gasteiger partial charge in [-0.15, -0.1) is 11.8 Å². The first kappa shape index (κ1) is 85.3. The van der Waals surface area contributed by atoms with E-state index in [1.165, 1.54) is 31.2 Å². The summed E-state index contributed by atoms with van der Waals surface area (Å²) in [5, 5.41) is 66.3. The number of phenols is 1. The van der Waals surface area contributed by atoms with E-state index in [0.29, 0.717) is 45.7 Å². The van der Waals surface area contributed by atoms with Crippen molar-refractivity contribution in [2.45, 2.75) is 170 Å². The van der Waals surface area contributed by atoms with Crippen LogP contribution in [0.1, 0.15) is 108 Å². The summed E-state index contributed by atoms with van der Waals surface area (Å²) >= 11 is 1.73. The first-order valence-electron chi connectivity index (χ1n) is 36.1. The predicted octanol–water partition coefficient (Wildman–Crippen LogP) is 7.23. The number of H-pyrrole nitrogens is 1. The second-order valence-electron chi connectivity index (χ2n) is 28.5. The zero-order chi connectivity index (χ0) is 79.7. The molecule has 110 heavy (non-hydrogen) atoms. The van der Waals surface area contributed by atoms with Crippen LogP contribution in [-0.2, 0) is 71.8 Å². The quantitative estimate of drug-likeness (QED) is 0.0137. The van der Waals surface area contributed by atoms with Gasteiger partial charge in [0.25, 0.3) is 0 Å². The standard InChI is InChI=1S/C80H98N10O17S3/c1-48(91)66-74(100)87-65(73(99)90-67(49(2)92)75(101)102)47-110-109-46-64(86-70(96)62(88-77(104)107-79(6,7)8)43-51-33-37-57(38-34-51)105-40-41-108-80(53-22-12-9-13-23-53,54-24-14-10-15-25-54)55-26-16-11-17-27-55)72(98)84-61(42-50-31-35-56(93)36-32-50)69(95)85-63(44-52-45-82-59-29-19-18-28-58(52)59)71(97)83-60(68(94)89-66)30-20-21-39-81-76(103)106-78(3,4)5/h9-19,22-29,31-38,45,48-49,60-67,82,91-93H,20-21,30,39-44,46-47H2,1-8H3,(H,81,103)(H,83,97)(H,84,98)(H,85,95)(H,86,96)(H,87,100)(H,88,104)(H,89,94)(H,90,99)(H,101,102)/t48-,49-,60+,61+,62-,63-,64+,65+,66+,67+/m1/s1. The highest BCUT2D eigenvalue weighted by Crippen LogP contribution is 2.48. The highest BCUT2D eigenvalue weighted by Gasteiger charge is 2.40. The number of phenolic OH excluding ortho intramolecular Hbond substituents is 1. The Morgan fingerprint density at radius 3 is 1.71 bits per heavy atom. The molecule has 10 atom stereocenters. The van der Waals surface area contributed by atoms with Gasteiger partial charge < -0.3 is 87.5 Å². The number of alkyl carbamates (subject to hydrolysis) is 2. The lowest BCUT2D eigenvalue weighted by molar-refractivity contribution is -0.145. The number of nitrogens with one attached hydrogen (secondary N) is 10. The number of carbonyl (C=O) groups is 10. The third-order valence-corrected chi connectivity index (χ3v) is 21.4. The van der Waals surface area contributed by atoms with Gasteiger partial charge >= 0.3 is 18.2 Å². The number of thioether (sulfide) groups is 1. The van der Waals surface area contributed by atoms with Gasteiger partial charge in [0.05, 0.1) is 23.6 Å². The fourth-order valence-corrected chi connectivity index (χ4v) is 15.8. The number of aliphatic hydroxyl groups is 2. The van der Waals surface area contributed by atoms with Crippen LogP contribution in [0.3, 0.4) is 0 Å². The summed E-state index contributed by atoms with van der Waals surface area (Å²) in [4.78, 5) is 147. The van der Waals surface area contributed by atoms with Gasteiger partial charge in [0.2, 0.25) is 41.4 Å². The lowest BCUT2D eigenvalue weighted by Gasteiger charge is -2.35. The third kappa shape index (κ3) is 25.7. The van der Waals surface area contributed by atoms with Crippen molar-refractivity contribution < 1.29 is 82.6 Å². The number of unbranched alkanes of at least 4 members (excludes halogenated alkanes) is 1. The van der Waals surface area contributed by atoms with E-state index in [-0.39, 0.29) is 50.8 Å². The Morgan fingerprint density at radius 2 is 1.13 bits per heavy atom. The van der Waals surface area contributed by atoms with Crippen LogP contribution in [0.25, 0.3) is 10.9 Å². The molecular weight excluding hydrogens is 1470 g/mol. The van der Waals surface area contributed by atoms with Crippen molar-refractivity contribution in [2.75, 3.05) is 30.4 Å². The number of hydrogen-bond acceptors (Lipinski definition) is 19. The second-order valence-corrected chi connectivity index (χ2v) is 32.4. The van der Waals surface area contributed by atoms with Crippen molar-refractivity contribution in [2.24, 2.45) is 0 Å². The number of aromatic hydroxyl groups is 1. The van der Waals surface area contributed by atoms with Gasteiger partial charge in [-0.05, 0) is 138 Å². The Balaban J connectivity index is 1.13. The largest absolute Gasteiger partial charge is 0.508 e.